The largest absolute Gasteiger partial charge is 0.476 e. The summed E-state index contributed by atoms with van der Waals surface area (Å²) >= 11 is 1.47. The molecule has 18 heavy (non-hydrogen) atoms. The lowest BCUT2D eigenvalue weighted by Crippen LogP contribution is -1.99. The standard InChI is InChI=1S/C14H15NO2S/c1-8(2)13-15-11(14(16)17)12(18-13)10-6-4-5-9(3)7-10/h4-8H,1-3H3,(H,16,17). The van der Waals surface area contributed by atoms with Crippen LogP contribution in [0.3, 0.4) is 0 Å². The molecule has 0 unspecified atom stereocenters. The van der Waals surface area contributed by atoms with Gasteiger partial charge in [-0.2, -0.15) is 0 Å². The Morgan fingerprint density at radius 1 is 1.39 bits per heavy atom. The van der Waals surface area contributed by atoms with E-state index in [0.717, 1.165) is 21.0 Å². The van der Waals surface area contributed by atoms with Crippen LogP contribution in [0.1, 0.15) is 40.8 Å². The maximum atomic E-state index is 11.3. The third kappa shape index (κ3) is 2.43. The zero-order valence-corrected chi connectivity index (χ0v) is 11.4. The predicted molar refractivity (Wildman–Crippen MR) is 73.3 cm³/mol. The van der Waals surface area contributed by atoms with E-state index in [-0.39, 0.29) is 11.6 Å². The molecule has 0 amide bonds. The summed E-state index contributed by atoms with van der Waals surface area (Å²) in [5.74, 6) is -0.721. The van der Waals surface area contributed by atoms with Crippen LogP contribution in [0, 0.1) is 6.92 Å². The van der Waals surface area contributed by atoms with Gasteiger partial charge in [-0.05, 0) is 12.5 Å². The summed E-state index contributed by atoms with van der Waals surface area (Å²) in [6.45, 7) is 6.03. The third-order valence-corrected chi connectivity index (χ3v) is 4.03. The number of hydrogen-bond acceptors (Lipinski definition) is 3. The van der Waals surface area contributed by atoms with E-state index in [0.29, 0.717) is 0 Å². The molecule has 4 heteroatoms. The van der Waals surface area contributed by atoms with Gasteiger partial charge in [0, 0.05) is 5.92 Å². The van der Waals surface area contributed by atoms with Gasteiger partial charge in [0.1, 0.15) is 0 Å². The predicted octanol–water partition coefficient (Wildman–Crippen LogP) is 3.94. The summed E-state index contributed by atoms with van der Waals surface area (Å²) in [6.07, 6.45) is 0. The zero-order chi connectivity index (χ0) is 13.3. The molecule has 2 aromatic rings. The average Bonchev–Trinajstić information content (AvgIpc) is 2.73. The molecule has 1 N–H and O–H groups in total. The third-order valence-electron chi connectivity index (χ3n) is 2.62. The number of carboxylic acid groups (broad SMARTS) is 1. The molecule has 0 aliphatic rings. The second-order valence-electron chi connectivity index (χ2n) is 4.56. The second kappa shape index (κ2) is 4.90. The minimum Gasteiger partial charge on any atom is -0.476 e. The van der Waals surface area contributed by atoms with Gasteiger partial charge in [-0.15, -0.1) is 11.3 Å². The first-order valence-electron chi connectivity index (χ1n) is 5.80. The zero-order valence-electron chi connectivity index (χ0n) is 10.6. The Balaban J connectivity index is 2.58. The highest BCUT2D eigenvalue weighted by molar-refractivity contribution is 7.15. The van der Waals surface area contributed by atoms with Gasteiger partial charge in [0.15, 0.2) is 5.69 Å². The van der Waals surface area contributed by atoms with Crippen molar-refractivity contribution in [2.75, 3.05) is 0 Å². The second-order valence-corrected chi connectivity index (χ2v) is 5.59. The van der Waals surface area contributed by atoms with Gasteiger partial charge >= 0.3 is 5.97 Å². The number of benzene rings is 1. The molecule has 0 aliphatic heterocycles. The van der Waals surface area contributed by atoms with Gasteiger partial charge in [-0.3, -0.25) is 0 Å². The Morgan fingerprint density at radius 3 is 2.67 bits per heavy atom. The van der Waals surface area contributed by atoms with Crippen molar-refractivity contribution < 1.29 is 9.90 Å². The van der Waals surface area contributed by atoms with Crippen LogP contribution < -0.4 is 0 Å². The van der Waals surface area contributed by atoms with E-state index >= 15 is 0 Å². The number of nitrogens with zero attached hydrogens (tertiary/aromatic N) is 1. The van der Waals surface area contributed by atoms with Gasteiger partial charge in [-0.25, -0.2) is 9.78 Å². The van der Waals surface area contributed by atoms with Gasteiger partial charge < -0.3 is 5.11 Å². The van der Waals surface area contributed by atoms with Crippen LogP contribution in [0.4, 0.5) is 0 Å². The van der Waals surface area contributed by atoms with Gasteiger partial charge in [0.2, 0.25) is 0 Å². The summed E-state index contributed by atoms with van der Waals surface area (Å²) in [6, 6.07) is 7.85. The first-order valence-corrected chi connectivity index (χ1v) is 6.61. The normalized spacial score (nSPS) is 10.9. The topological polar surface area (TPSA) is 50.2 Å². The number of aromatic carboxylic acids is 1. The summed E-state index contributed by atoms with van der Waals surface area (Å²) in [7, 11) is 0. The molecule has 94 valence electrons. The van der Waals surface area contributed by atoms with Crippen LogP contribution in [-0.4, -0.2) is 16.1 Å². The Hall–Kier alpha value is -1.68. The molecule has 1 heterocycles. The number of hydrogen-bond donors (Lipinski definition) is 1. The van der Waals surface area contributed by atoms with Crippen LogP contribution in [0.2, 0.25) is 0 Å². The van der Waals surface area contributed by atoms with Gasteiger partial charge in [0.05, 0.1) is 9.88 Å². The molecular weight excluding hydrogens is 246 g/mol. The first-order chi connectivity index (χ1) is 8.49. The molecular formula is C14H15NO2S. The summed E-state index contributed by atoms with van der Waals surface area (Å²) in [5.41, 5.74) is 2.20. The Labute approximate surface area is 110 Å². The number of aromatic nitrogens is 1. The molecule has 0 fully saturated rings. The van der Waals surface area contributed by atoms with E-state index in [1.807, 2.05) is 45.0 Å². The molecule has 1 aromatic carbocycles. The van der Waals surface area contributed by atoms with Gasteiger partial charge in [0.25, 0.3) is 0 Å². The number of rotatable bonds is 3. The molecule has 0 saturated carbocycles. The van der Waals surface area contributed by atoms with Crippen molar-refractivity contribution in [2.24, 2.45) is 0 Å². The maximum absolute atomic E-state index is 11.3. The summed E-state index contributed by atoms with van der Waals surface area (Å²) in [5, 5.41) is 10.1. The van der Waals surface area contributed by atoms with Crippen LogP contribution in [0.25, 0.3) is 10.4 Å². The lowest BCUT2D eigenvalue weighted by atomic mass is 10.1. The van der Waals surface area contributed by atoms with E-state index in [2.05, 4.69) is 4.98 Å². The summed E-state index contributed by atoms with van der Waals surface area (Å²) < 4.78 is 0. The molecule has 0 radical (unpaired) electrons. The van der Waals surface area contributed by atoms with Crippen LogP contribution >= 0.6 is 11.3 Å². The van der Waals surface area contributed by atoms with Crippen molar-refractivity contribution in [3.05, 3.63) is 40.5 Å². The van der Waals surface area contributed by atoms with Crippen LogP contribution in [-0.2, 0) is 0 Å². The fourth-order valence-electron chi connectivity index (χ4n) is 1.71. The highest BCUT2D eigenvalue weighted by Gasteiger charge is 2.19. The van der Waals surface area contributed by atoms with Crippen molar-refractivity contribution in [2.45, 2.75) is 26.7 Å². The molecule has 0 saturated heterocycles. The molecule has 0 spiro atoms. The minimum absolute atomic E-state index is 0.161. The van der Waals surface area contributed by atoms with Crippen molar-refractivity contribution in [3.63, 3.8) is 0 Å². The number of carboxylic acids is 1. The first kappa shape index (κ1) is 12.8. The molecule has 3 nitrogen and oxygen atoms in total. The lowest BCUT2D eigenvalue weighted by Gasteiger charge is -2.00. The van der Waals surface area contributed by atoms with E-state index in [1.54, 1.807) is 0 Å². The Kier molecular flexibility index (Phi) is 3.48. The van der Waals surface area contributed by atoms with E-state index in [4.69, 9.17) is 0 Å². The fraction of sp³-hybridized carbons (Fsp3) is 0.286. The highest BCUT2D eigenvalue weighted by Crippen LogP contribution is 2.33. The number of carbonyl (C=O) groups is 1. The van der Waals surface area contributed by atoms with E-state index in [1.165, 1.54) is 11.3 Å². The molecule has 0 bridgehead atoms. The molecule has 0 aliphatic carbocycles. The summed E-state index contributed by atoms with van der Waals surface area (Å²) in [4.78, 5) is 16.2. The van der Waals surface area contributed by atoms with Crippen molar-refractivity contribution in [1.82, 2.24) is 4.98 Å². The van der Waals surface area contributed by atoms with Crippen molar-refractivity contribution >= 4 is 17.3 Å². The SMILES string of the molecule is Cc1cccc(-c2sc(C(C)C)nc2C(=O)O)c1. The number of aryl methyl sites for hydroxylation is 1. The molecule has 1 aromatic heterocycles. The number of thiazole rings is 1. The average molecular weight is 261 g/mol. The van der Waals surface area contributed by atoms with Crippen LogP contribution in [0.5, 0.6) is 0 Å². The highest BCUT2D eigenvalue weighted by atomic mass is 32.1. The van der Waals surface area contributed by atoms with E-state index < -0.39 is 5.97 Å². The van der Waals surface area contributed by atoms with Crippen molar-refractivity contribution in [3.8, 4) is 10.4 Å². The maximum Gasteiger partial charge on any atom is 0.356 e. The van der Waals surface area contributed by atoms with Crippen LogP contribution in [0.15, 0.2) is 24.3 Å². The van der Waals surface area contributed by atoms with Gasteiger partial charge in [-0.1, -0.05) is 43.7 Å². The Bertz CT molecular complexity index is 587. The molecule has 0 atom stereocenters. The molecule has 2 rings (SSSR count). The van der Waals surface area contributed by atoms with E-state index in [9.17, 15) is 9.90 Å². The van der Waals surface area contributed by atoms with Crippen molar-refractivity contribution in [1.29, 1.82) is 0 Å². The minimum atomic E-state index is -0.963. The quantitative estimate of drug-likeness (QED) is 0.910. The Morgan fingerprint density at radius 2 is 2.11 bits per heavy atom. The lowest BCUT2D eigenvalue weighted by molar-refractivity contribution is 0.0692. The fourth-order valence-corrected chi connectivity index (χ4v) is 2.77. The smallest absolute Gasteiger partial charge is 0.356 e. The monoisotopic (exact) mass is 261 g/mol.